The average molecular weight is 362 g/mol. The van der Waals surface area contributed by atoms with Crippen LogP contribution in [0.5, 0.6) is 5.75 Å². The molecule has 0 bridgehead atoms. The average Bonchev–Trinajstić information content (AvgIpc) is 2.64. The van der Waals surface area contributed by atoms with Crippen molar-refractivity contribution in [1.29, 1.82) is 0 Å². The molecule has 0 unspecified atom stereocenters. The van der Waals surface area contributed by atoms with E-state index in [-0.39, 0.29) is 18.1 Å². The van der Waals surface area contributed by atoms with Crippen molar-refractivity contribution in [2.75, 3.05) is 11.9 Å². The second-order valence-corrected chi connectivity index (χ2v) is 7.61. The van der Waals surface area contributed by atoms with Crippen LogP contribution in [0.15, 0.2) is 66.7 Å². The van der Waals surface area contributed by atoms with Crippen LogP contribution in [-0.4, -0.2) is 18.1 Å². The first-order chi connectivity index (χ1) is 12.9. The van der Waals surface area contributed by atoms with E-state index >= 15 is 0 Å². The first-order valence-electron chi connectivity index (χ1n) is 9.15. The number of rotatable bonds is 6. The zero-order chi connectivity index (χ0) is 19.3. The van der Waals surface area contributed by atoms with Crippen molar-refractivity contribution in [1.82, 2.24) is 5.32 Å². The summed E-state index contributed by atoms with van der Waals surface area (Å²) in [5, 5.41) is 8.81. The number of fused-ring (bicyclic) bond motifs is 1. The van der Waals surface area contributed by atoms with Crippen molar-refractivity contribution in [2.24, 2.45) is 0 Å². The highest BCUT2D eigenvalue weighted by atomic mass is 16.5. The molecule has 0 aliphatic rings. The molecule has 0 fully saturated rings. The van der Waals surface area contributed by atoms with Gasteiger partial charge in [-0.1, -0.05) is 48.5 Å². The molecule has 3 aromatic rings. The molecule has 0 heterocycles. The van der Waals surface area contributed by atoms with Gasteiger partial charge in [0, 0.05) is 23.2 Å². The number of amides is 1. The van der Waals surface area contributed by atoms with E-state index in [1.807, 2.05) is 51.1 Å². The molecule has 3 aromatic carbocycles. The Morgan fingerprint density at radius 3 is 2.37 bits per heavy atom. The highest BCUT2D eigenvalue weighted by molar-refractivity contribution is 5.93. The van der Waals surface area contributed by atoms with Crippen molar-refractivity contribution in [2.45, 2.75) is 32.9 Å². The summed E-state index contributed by atoms with van der Waals surface area (Å²) >= 11 is 0. The van der Waals surface area contributed by atoms with Gasteiger partial charge in [0.1, 0.15) is 5.75 Å². The van der Waals surface area contributed by atoms with Gasteiger partial charge in [-0.15, -0.1) is 0 Å². The second kappa shape index (κ2) is 8.12. The smallest absolute Gasteiger partial charge is 0.258 e. The van der Waals surface area contributed by atoms with Crippen LogP contribution in [0.4, 0.5) is 5.69 Å². The van der Waals surface area contributed by atoms with Gasteiger partial charge in [-0.25, -0.2) is 0 Å². The van der Waals surface area contributed by atoms with E-state index < -0.39 is 0 Å². The minimum atomic E-state index is -0.252. The lowest BCUT2D eigenvalue weighted by molar-refractivity contribution is -0.124. The fraction of sp³-hybridized carbons (Fsp3) is 0.261. The maximum Gasteiger partial charge on any atom is 0.258 e. The van der Waals surface area contributed by atoms with Crippen molar-refractivity contribution >= 4 is 22.4 Å². The molecule has 0 radical (unpaired) electrons. The van der Waals surface area contributed by atoms with E-state index in [0.717, 1.165) is 17.8 Å². The first kappa shape index (κ1) is 18.8. The third kappa shape index (κ3) is 5.48. The quantitative estimate of drug-likeness (QED) is 0.665. The number of carbonyl (C=O) groups excluding carboxylic acids is 1. The van der Waals surface area contributed by atoms with E-state index in [9.17, 15) is 4.79 Å². The number of hydrogen-bond donors (Lipinski definition) is 2. The fourth-order valence-electron chi connectivity index (χ4n) is 2.88. The summed E-state index contributed by atoms with van der Waals surface area (Å²) in [6.07, 6.45) is 0. The standard InChI is InChI=1S/C23H26N2O2/c1-23(2,3)25-22(26)16-27-19-13-11-17(12-14-19)15-24-21-10-6-8-18-7-4-5-9-20(18)21/h4-14,24H,15-16H2,1-3H3,(H,25,26). The monoisotopic (exact) mass is 362 g/mol. The maximum absolute atomic E-state index is 11.8. The molecule has 0 spiro atoms. The maximum atomic E-state index is 11.8. The molecule has 0 saturated heterocycles. The Morgan fingerprint density at radius 2 is 1.63 bits per heavy atom. The van der Waals surface area contributed by atoms with Gasteiger partial charge < -0.3 is 15.4 Å². The lowest BCUT2D eigenvalue weighted by Gasteiger charge is -2.20. The zero-order valence-electron chi connectivity index (χ0n) is 16.1. The number of nitrogens with one attached hydrogen (secondary N) is 2. The van der Waals surface area contributed by atoms with Gasteiger partial charge in [-0.2, -0.15) is 0 Å². The minimum Gasteiger partial charge on any atom is -0.484 e. The number of anilines is 1. The summed E-state index contributed by atoms with van der Waals surface area (Å²) in [7, 11) is 0. The van der Waals surface area contributed by atoms with Gasteiger partial charge in [0.05, 0.1) is 0 Å². The van der Waals surface area contributed by atoms with Crippen LogP contribution < -0.4 is 15.4 Å². The molecular formula is C23H26N2O2. The van der Waals surface area contributed by atoms with Crippen LogP contribution in [0, 0.1) is 0 Å². The van der Waals surface area contributed by atoms with Crippen LogP contribution in [0.25, 0.3) is 10.8 Å². The largest absolute Gasteiger partial charge is 0.484 e. The minimum absolute atomic E-state index is 0.0187. The molecule has 4 nitrogen and oxygen atoms in total. The van der Waals surface area contributed by atoms with Crippen LogP contribution in [-0.2, 0) is 11.3 Å². The summed E-state index contributed by atoms with van der Waals surface area (Å²) in [5.74, 6) is 0.567. The number of benzene rings is 3. The van der Waals surface area contributed by atoms with Gasteiger partial charge in [0.25, 0.3) is 5.91 Å². The SMILES string of the molecule is CC(C)(C)NC(=O)COc1ccc(CNc2cccc3ccccc23)cc1. The number of hydrogen-bond acceptors (Lipinski definition) is 3. The molecule has 0 aliphatic heterocycles. The molecule has 0 saturated carbocycles. The third-order valence-corrected chi connectivity index (χ3v) is 4.08. The van der Waals surface area contributed by atoms with Crippen molar-refractivity contribution in [3.05, 3.63) is 72.3 Å². The molecule has 2 N–H and O–H groups in total. The topological polar surface area (TPSA) is 50.4 Å². The van der Waals surface area contributed by atoms with Gasteiger partial charge in [0.2, 0.25) is 0 Å². The number of ether oxygens (including phenoxy) is 1. The van der Waals surface area contributed by atoms with Crippen LogP contribution >= 0.6 is 0 Å². The van der Waals surface area contributed by atoms with E-state index in [4.69, 9.17) is 4.74 Å². The summed E-state index contributed by atoms with van der Waals surface area (Å²) in [6.45, 7) is 6.58. The number of carbonyl (C=O) groups is 1. The zero-order valence-corrected chi connectivity index (χ0v) is 16.1. The molecule has 0 aromatic heterocycles. The molecule has 0 aliphatic carbocycles. The Hall–Kier alpha value is -3.01. The van der Waals surface area contributed by atoms with Gasteiger partial charge >= 0.3 is 0 Å². The summed E-state index contributed by atoms with van der Waals surface area (Å²) in [4.78, 5) is 11.8. The molecule has 4 heteroatoms. The van der Waals surface area contributed by atoms with Crippen molar-refractivity contribution in [3.63, 3.8) is 0 Å². The molecule has 140 valence electrons. The Kier molecular flexibility index (Phi) is 5.65. The Morgan fingerprint density at radius 1 is 0.926 bits per heavy atom. The van der Waals surface area contributed by atoms with Crippen LogP contribution in [0.3, 0.4) is 0 Å². The predicted octanol–water partition coefficient (Wildman–Crippen LogP) is 4.75. The molecule has 1 amide bonds. The van der Waals surface area contributed by atoms with Gasteiger partial charge in [0.15, 0.2) is 6.61 Å². The second-order valence-electron chi connectivity index (χ2n) is 7.61. The van der Waals surface area contributed by atoms with Gasteiger partial charge in [-0.3, -0.25) is 4.79 Å². The fourth-order valence-corrected chi connectivity index (χ4v) is 2.88. The highest BCUT2D eigenvalue weighted by Crippen LogP contribution is 2.23. The van der Waals surface area contributed by atoms with Crippen molar-refractivity contribution < 1.29 is 9.53 Å². The normalized spacial score (nSPS) is 11.2. The first-order valence-corrected chi connectivity index (χ1v) is 9.15. The summed E-state index contributed by atoms with van der Waals surface area (Å²) < 4.78 is 5.56. The molecule has 3 rings (SSSR count). The Labute approximate surface area is 160 Å². The van der Waals surface area contributed by atoms with Crippen LogP contribution in [0.1, 0.15) is 26.3 Å². The summed E-state index contributed by atoms with van der Waals surface area (Å²) in [5.41, 5.74) is 2.01. The Bertz CT molecular complexity index is 906. The lowest BCUT2D eigenvalue weighted by atomic mass is 10.1. The van der Waals surface area contributed by atoms with Gasteiger partial charge in [-0.05, 0) is 49.9 Å². The van der Waals surface area contributed by atoms with E-state index in [0.29, 0.717) is 5.75 Å². The summed E-state index contributed by atoms with van der Waals surface area (Å²) in [6, 6.07) is 22.4. The third-order valence-electron chi connectivity index (χ3n) is 4.08. The van der Waals surface area contributed by atoms with Crippen molar-refractivity contribution in [3.8, 4) is 5.75 Å². The molecule has 0 atom stereocenters. The molecular weight excluding hydrogens is 336 g/mol. The Balaban J connectivity index is 1.55. The van der Waals surface area contributed by atoms with Crippen LogP contribution in [0.2, 0.25) is 0 Å². The van der Waals surface area contributed by atoms with E-state index in [1.165, 1.54) is 10.8 Å². The lowest BCUT2D eigenvalue weighted by Crippen LogP contribution is -2.43. The molecule has 27 heavy (non-hydrogen) atoms. The van der Waals surface area contributed by atoms with E-state index in [2.05, 4.69) is 47.0 Å². The highest BCUT2D eigenvalue weighted by Gasteiger charge is 2.13. The predicted molar refractivity (Wildman–Crippen MR) is 111 cm³/mol. The van der Waals surface area contributed by atoms with E-state index in [1.54, 1.807) is 0 Å².